The first-order valence-electron chi connectivity index (χ1n) is 9.22. The maximum Gasteiger partial charge on any atom is 0.364 e. The molecule has 4 nitrogen and oxygen atoms in total. The Hall–Kier alpha value is -1.35. The van der Waals surface area contributed by atoms with Crippen LogP contribution in [0.3, 0.4) is 0 Å². The summed E-state index contributed by atoms with van der Waals surface area (Å²) >= 11 is 0. The monoisotopic (exact) mass is 370 g/mol. The molecule has 0 spiro atoms. The van der Waals surface area contributed by atoms with Gasteiger partial charge in [-0.15, -0.1) is 0 Å². The third-order valence-corrected chi connectivity index (χ3v) is 5.75. The van der Waals surface area contributed by atoms with Crippen LogP contribution in [0, 0.1) is 0 Å². The molecule has 0 fully saturated rings. The Kier molecular flexibility index (Phi) is 10.5. The third-order valence-electron chi connectivity index (χ3n) is 4.39. The van der Waals surface area contributed by atoms with E-state index in [1.807, 2.05) is 0 Å². The molecule has 2 unspecified atom stereocenters. The Bertz CT molecular complexity index is 506. The van der Waals surface area contributed by atoms with E-state index in [0.717, 1.165) is 65.5 Å². The summed E-state index contributed by atoms with van der Waals surface area (Å²) in [7, 11) is 0.883. The second-order valence-corrected chi connectivity index (χ2v) is 7.50. The molecule has 1 rings (SSSR count). The highest BCUT2D eigenvalue weighted by atomic mass is 31.1. The average molecular weight is 370 g/mol. The van der Waals surface area contributed by atoms with Crippen molar-refractivity contribution in [2.75, 3.05) is 12.7 Å². The maximum absolute atomic E-state index is 12.8. The summed E-state index contributed by atoms with van der Waals surface area (Å²) in [6, 6.07) is 0. The van der Waals surface area contributed by atoms with Crippen LogP contribution in [-0.4, -0.2) is 29.3 Å². The molecule has 1 aliphatic heterocycles. The van der Waals surface area contributed by atoms with E-state index < -0.39 is 11.8 Å². The maximum atomic E-state index is 12.8. The zero-order chi connectivity index (χ0) is 18.5. The molecule has 0 saturated heterocycles. The zero-order valence-electron chi connectivity index (χ0n) is 15.4. The van der Waals surface area contributed by atoms with Crippen molar-refractivity contribution >= 4 is 14.6 Å². The average Bonchev–Trinajstić information content (AvgIpc) is 2.61. The van der Waals surface area contributed by atoms with Crippen molar-refractivity contribution in [1.82, 2.24) is 10.6 Å². The van der Waals surface area contributed by atoms with E-state index in [9.17, 15) is 9.18 Å². The van der Waals surface area contributed by atoms with Gasteiger partial charge in [0.2, 0.25) is 5.83 Å². The molecule has 0 aromatic rings. The van der Waals surface area contributed by atoms with Crippen molar-refractivity contribution < 1.29 is 14.3 Å². The van der Waals surface area contributed by atoms with Crippen LogP contribution >= 0.6 is 8.58 Å². The van der Waals surface area contributed by atoms with Gasteiger partial charge >= 0.3 is 5.97 Å². The fraction of sp³-hybridized carbons (Fsp3) is 0.632. The molecule has 6 heteroatoms. The molecular formula is C19H32FN2O2P. The quantitative estimate of drug-likeness (QED) is 0.266. The molecule has 0 bridgehead atoms. The number of halogens is 1. The van der Waals surface area contributed by atoms with Crippen molar-refractivity contribution in [2.24, 2.45) is 0 Å². The topological polar surface area (TPSA) is 61.4 Å². The Morgan fingerprint density at radius 2 is 2.12 bits per heavy atom. The van der Waals surface area contributed by atoms with Crippen molar-refractivity contribution in [2.45, 2.75) is 64.3 Å². The lowest BCUT2D eigenvalue weighted by atomic mass is 9.94. The van der Waals surface area contributed by atoms with Gasteiger partial charge in [0.1, 0.15) is 0 Å². The molecule has 0 saturated carbocycles. The zero-order valence-corrected chi connectivity index (χ0v) is 16.4. The number of carboxylic acid groups (broad SMARTS) is 1. The minimum atomic E-state index is -1.48. The normalized spacial score (nSPS) is 22.2. The molecule has 0 aliphatic carbocycles. The third kappa shape index (κ3) is 8.53. The van der Waals surface area contributed by atoms with Gasteiger partial charge in [0.15, 0.2) is 0 Å². The van der Waals surface area contributed by atoms with Gasteiger partial charge in [-0.3, -0.25) is 0 Å². The number of carbonyl (C=O) groups is 1. The fourth-order valence-corrected chi connectivity index (χ4v) is 4.07. The van der Waals surface area contributed by atoms with E-state index in [1.165, 1.54) is 6.16 Å². The molecule has 1 heterocycles. The Labute approximate surface area is 152 Å². The molecule has 0 aromatic heterocycles. The lowest BCUT2D eigenvalue weighted by Gasteiger charge is -2.37. The molecule has 25 heavy (non-hydrogen) atoms. The van der Waals surface area contributed by atoms with Crippen molar-refractivity contribution in [1.29, 1.82) is 0 Å². The highest BCUT2D eigenvalue weighted by Gasteiger charge is 2.28. The van der Waals surface area contributed by atoms with Crippen LogP contribution in [0.1, 0.15) is 58.8 Å². The summed E-state index contributed by atoms with van der Waals surface area (Å²) < 4.78 is 12.8. The standard InChI is InChI=1S/C19H32FN2O2P/c1-3-10-17(22-19(4-2)12-9-14-25-15-19)21-13-8-6-5-7-11-16(20)18(23)24/h9-11,14,21-22,25H,3-8,12-13,15H2,1-2H3,(H,23,24)/b16-11-,17-10-. The molecule has 0 radical (unpaired) electrons. The molecular weight excluding hydrogens is 338 g/mol. The van der Waals surface area contributed by atoms with Gasteiger partial charge in [0.05, 0.1) is 5.82 Å². The van der Waals surface area contributed by atoms with E-state index in [4.69, 9.17) is 5.11 Å². The van der Waals surface area contributed by atoms with Crippen LogP contribution in [0.15, 0.2) is 35.7 Å². The number of carboxylic acids is 1. The van der Waals surface area contributed by atoms with Gasteiger partial charge in [-0.2, -0.15) is 4.39 Å². The largest absolute Gasteiger partial charge is 0.476 e. The van der Waals surface area contributed by atoms with Crippen molar-refractivity contribution in [3.05, 3.63) is 35.7 Å². The van der Waals surface area contributed by atoms with Gasteiger partial charge in [0.25, 0.3) is 0 Å². The van der Waals surface area contributed by atoms with Crippen LogP contribution in [0.5, 0.6) is 0 Å². The summed E-state index contributed by atoms with van der Waals surface area (Å²) in [5, 5.41) is 15.7. The number of unbranched alkanes of at least 4 members (excludes halogenated alkanes) is 3. The predicted molar refractivity (Wildman–Crippen MR) is 105 cm³/mol. The molecule has 3 N–H and O–H groups in total. The smallest absolute Gasteiger partial charge is 0.364 e. The number of hydrogen-bond acceptors (Lipinski definition) is 3. The number of rotatable bonds is 12. The van der Waals surface area contributed by atoms with Gasteiger partial charge in [-0.1, -0.05) is 40.7 Å². The number of hydrogen-bond donors (Lipinski definition) is 3. The summed E-state index contributed by atoms with van der Waals surface area (Å²) in [4.78, 5) is 10.3. The summed E-state index contributed by atoms with van der Waals surface area (Å²) in [6.07, 6.45) is 13.2. The first kappa shape index (κ1) is 21.7. The second-order valence-electron chi connectivity index (χ2n) is 6.41. The van der Waals surface area contributed by atoms with E-state index in [-0.39, 0.29) is 5.54 Å². The SMILES string of the molecule is CC/C=C(/NCCCCC/C=C(\F)C(=O)O)NC1(CC)CC=CPC1. The van der Waals surface area contributed by atoms with Crippen LogP contribution in [0.4, 0.5) is 4.39 Å². The van der Waals surface area contributed by atoms with Crippen LogP contribution in [0.25, 0.3) is 0 Å². The van der Waals surface area contributed by atoms with E-state index in [2.05, 4.69) is 42.5 Å². The molecule has 2 atom stereocenters. The van der Waals surface area contributed by atoms with Crippen LogP contribution in [0.2, 0.25) is 0 Å². The van der Waals surface area contributed by atoms with Gasteiger partial charge in [0, 0.05) is 12.1 Å². The lowest BCUT2D eigenvalue weighted by Crippen LogP contribution is -2.49. The number of allylic oxidation sites excluding steroid dienone is 2. The number of nitrogens with one attached hydrogen (secondary N) is 2. The van der Waals surface area contributed by atoms with Gasteiger partial charge in [-0.05, 0) is 56.8 Å². The van der Waals surface area contributed by atoms with E-state index in [0.29, 0.717) is 6.42 Å². The first-order valence-corrected chi connectivity index (χ1v) is 10.5. The van der Waals surface area contributed by atoms with Gasteiger partial charge < -0.3 is 15.7 Å². The van der Waals surface area contributed by atoms with Gasteiger partial charge in [-0.25, -0.2) is 4.79 Å². The Morgan fingerprint density at radius 1 is 1.32 bits per heavy atom. The minimum Gasteiger partial charge on any atom is -0.476 e. The molecule has 0 amide bonds. The molecule has 1 aliphatic rings. The van der Waals surface area contributed by atoms with Crippen LogP contribution in [-0.2, 0) is 4.79 Å². The molecule has 0 aromatic carbocycles. The summed E-state index contributed by atoms with van der Waals surface area (Å²) in [5.74, 6) is 0.863. The predicted octanol–water partition coefficient (Wildman–Crippen LogP) is 4.66. The lowest BCUT2D eigenvalue weighted by molar-refractivity contribution is -0.134. The summed E-state index contributed by atoms with van der Waals surface area (Å²) in [5.41, 5.74) is 0.167. The highest BCUT2D eigenvalue weighted by Crippen LogP contribution is 2.32. The molecule has 142 valence electrons. The van der Waals surface area contributed by atoms with Crippen LogP contribution < -0.4 is 10.6 Å². The number of aliphatic carboxylic acids is 1. The van der Waals surface area contributed by atoms with E-state index >= 15 is 0 Å². The fourth-order valence-electron chi connectivity index (χ4n) is 2.79. The first-order chi connectivity index (χ1) is 12.0. The minimum absolute atomic E-state index is 0.167. The van der Waals surface area contributed by atoms with E-state index in [1.54, 1.807) is 0 Å². The second kappa shape index (κ2) is 12.1. The van der Waals surface area contributed by atoms with Crippen molar-refractivity contribution in [3.8, 4) is 0 Å². The summed E-state index contributed by atoms with van der Waals surface area (Å²) in [6.45, 7) is 5.24. The Balaban J connectivity index is 2.32. The highest BCUT2D eigenvalue weighted by molar-refractivity contribution is 7.41. The Morgan fingerprint density at radius 3 is 2.72 bits per heavy atom. The van der Waals surface area contributed by atoms with Crippen molar-refractivity contribution in [3.63, 3.8) is 0 Å².